The molecular weight excluding hydrogens is 469 g/mol. The normalized spacial score (nSPS) is 10.9. The molecule has 3 rings (SSSR count). The van der Waals surface area contributed by atoms with Gasteiger partial charge in [0.2, 0.25) is 0 Å². The third kappa shape index (κ3) is 9.27. The van der Waals surface area contributed by atoms with E-state index in [1.54, 1.807) is 35.4 Å². The molecule has 0 amide bonds. The minimum absolute atomic E-state index is 0.368. The summed E-state index contributed by atoms with van der Waals surface area (Å²) in [4.78, 5) is 12.4. The van der Waals surface area contributed by atoms with Crippen molar-refractivity contribution in [3.8, 4) is 0 Å². The Labute approximate surface area is 193 Å². The van der Waals surface area contributed by atoms with Gasteiger partial charge in [-0.3, -0.25) is 0 Å². The first-order valence-corrected chi connectivity index (χ1v) is 9.91. The van der Waals surface area contributed by atoms with E-state index in [4.69, 9.17) is 59.6 Å². The summed E-state index contributed by atoms with van der Waals surface area (Å²) in [7, 11) is 0. The van der Waals surface area contributed by atoms with Crippen LogP contribution in [0.5, 0.6) is 0 Å². The lowest BCUT2D eigenvalue weighted by Crippen LogP contribution is -2.05. The molecule has 31 heavy (non-hydrogen) atoms. The standard InChI is InChI=1S/C20H17Cl3N2O2.HNO3/c21-16-3-1-15(2-4-16)13-26-9-10-27-20(12-25-8-7-24-14-25)18-6-5-17(22)11-19(18)23;2-1(3)4/h1-8,11-12,14H,9-10,13H2;(H,2,3,4)/b20-12+;. The number of hydrogen-bond donors (Lipinski definition) is 1. The lowest BCUT2D eigenvalue weighted by molar-refractivity contribution is -0.742. The van der Waals surface area contributed by atoms with Gasteiger partial charge in [0.25, 0.3) is 5.09 Å². The molecule has 0 atom stereocenters. The highest BCUT2D eigenvalue weighted by molar-refractivity contribution is 6.35. The molecule has 0 aliphatic heterocycles. The van der Waals surface area contributed by atoms with Gasteiger partial charge in [0.1, 0.15) is 12.4 Å². The zero-order valence-corrected chi connectivity index (χ0v) is 18.3. The molecule has 1 N–H and O–H groups in total. The summed E-state index contributed by atoms with van der Waals surface area (Å²) in [6.45, 7) is 1.28. The van der Waals surface area contributed by atoms with Crippen LogP contribution in [0.1, 0.15) is 11.1 Å². The van der Waals surface area contributed by atoms with E-state index in [0.717, 1.165) is 11.1 Å². The predicted octanol–water partition coefficient (Wildman–Crippen LogP) is 5.68. The summed E-state index contributed by atoms with van der Waals surface area (Å²) in [5, 5.41) is 15.4. The van der Waals surface area contributed by atoms with Crippen LogP contribution in [-0.2, 0) is 16.1 Å². The van der Waals surface area contributed by atoms with Crippen LogP contribution in [0, 0.1) is 10.1 Å². The van der Waals surface area contributed by atoms with E-state index in [1.807, 2.05) is 36.5 Å². The average Bonchev–Trinajstić information content (AvgIpc) is 3.21. The first kappa shape index (κ1) is 24.5. The molecule has 164 valence electrons. The molecule has 0 spiro atoms. The van der Waals surface area contributed by atoms with Crippen molar-refractivity contribution >= 4 is 46.8 Å². The van der Waals surface area contributed by atoms with Gasteiger partial charge in [-0.15, -0.1) is 10.1 Å². The fourth-order valence-electron chi connectivity index (χ4n) is 2.34. The highest BCUT2D eigenvalue weighted by Crippen LogP contribution is 2.28. The summed E-state index contributed by atoms with van der Waals surface area (Å²) >= 11 is 18.2. The third-order valence-corrected chi connectivity index (χ3v) is 4.45. The van der Waals surface area contributed by atoms with Crippen LogP contribution in [0.25, 0.3) is 12.0 Å². The molecule has 0 saturated carbocycles. The smallest absolute Gasteiger partial charge is 0.291 e. The first-order chi connectivity index (χ1) is 14.8. The Balaban J connectivity index is 0.000000785. The Bertz CT molecular complexity index is 992. The molecule has 8 nitrogen and oxygen atoms in total. The number of rotatable bonds is 8. The molecule has 0 fully saturated rings. The van der Waals surface area contributed by atoms with Crippen molar-refractivity contribution in [2.45, 2.75) is 6.61 Å². The number of hydrogen-bond acceptors (Lipinski definition) is 5. The van der Waals surface area contributed by atoms with E-state index >= 15 is 0 Å². The van der Waals surface area contributed by atoms with Gasteiger partial charge in [0.15, 0.2) is 0 Å². The van der Waals surface area contributed by atoms with Crippen molar-refractivity contribution < 1.29 is 19.8 Å². The van der Waals surface area contributed by atoms with Crippen molar-refractivity contribution in [1.29, 1.82) is 0 Å². The summed E-state index contributed by atoms with van der Waals surface area (Å²) in [6, 6.07) is 12.8. The van der Waals surface area contributed by atoms with E-state index in [1.165, 1.54) is 0 Å². The molecule has 1 aromatic heterocycles. The SMILES string of the molecule is Clc1ccc(COCCO/C(=C/n2ccnc2)c2ccc(Cl)cc2Cl)cc1.O=[N+]([O-])O. The summed E-state index contributed by atoms with van der Waals surface area (Å²) < 4.78 is 13.4. The van der Waals surface area contributed by atoms with E-state index < -0.39 is 5.09 Å². The van der Waals surface area contributed by atoms with E-state index in [2.05, 4.69) is 4.98 Å². The van der Waals surface area contributed by atoms with Crippen LogP contribution >= 0.6 is 34.8 Å². The van der Waals surface area contributed by atoms with Gasteiger partial charge in [-0.25, -0.2) is 4.98 Å². The zero-order chi connectivity index (χ0) is 22.6. The van der Waals surface area contributed by atoms with Gasteiger partial charge in [0.05, 0.1) is 30.8 Å². The Morgan fingerprint density at radius 1 is 1.13 bits per heavy atom. The molecule has 0 bridgehead atoms. The number of nitrogens with zero attached hydrogens (tertiary/aromatic N) is 3. The van der Waals surface area contributed by atoms with E-state index in [-0.39, 0.29) is 0 Å². The minimum Gasteiger partial charge on any atom is -0.489 e. The van der Waals surface area contributed by atoms with Crippen LogP contribution in [0.15, 0.2) is 61.2 Å². The maximum Gasteiger partial charge on any atom is 0.291 e. The number of ether oxygens (including phenoxy) is 2. The average molecular weight is 487 g/mol. The fourth-order valence-corrected chi connectivity index (χ4v) is 2.96. The quantitative estimate of drug-likeness (QED) is 0.190. The molecule has 3 aromatic rings. The summed E-state index contributed by atoms with van der Waals surface area (Å²) in [5.41, 5.74) is 1.79. The Kier molecular flexibility index (Phi) is 10.1. The molecule has 2 aromatic carbocycles. The molecule has 1 heterocycles. The lowest BCUT2D eigenvalue weighted by Gasteiger charge is -2.13. The van der Waals surface area contributed by atoms with Crippen LogP contribution in [0.3, 0.4) is 0 Å². The Morgan fingerprint density at radius 2 is 1.81 bits per heavy atom. The highest BCUT2D eigenvalue weighted by Gasteiger charge is 2.09. The van der Waals surface area contributed by atoms with Crippen molar-refractivity contribution in [3.63, 3.8) is 0 Å². The second kappa shape index (κ2) is 12.8. The molecule has 0 aliphatic rings. The second-order valence-corrected chi connectivity index (χ2v) is 7.17. The molecule has 0 radical (unpaired) electrons. The molecular formula is C20H18Cl3N3O5. The van der Waals surface area contributed by atoms with Gasteiger partial charge in [-0.05, 0) is 35.9 Å². The first-order valence-electron chi connectivity index (χ1n) is 8.78. The maximum atomic E-state index is 8.36. The van der Waals surface area contributed by atoms with Crippen molar-refractivity contribution in [1.82, 2.24) is 9.55 Å². The highest BCUT2D eigenvalue weighted by atomic mass is 35.5. The van der Waals surface area contributed by atoms with Crippen LogP contribution in [-0.4, -0.2) is 33.1 Å². The zero-order valence-electron chi connectivity index (χ0n) is 16.0. The van der Waals surface area contributed by atoms with Crippen LogP contribution < -0.4 is 0 Å². The minimum atomic E-state index is -1.50. The summed E-state index contributed by atoms with van der Waals surface area (Å²) in [5.74, 6) is 0.602. The number of halogens is 3. The van der Waals surface area contributed by atoms with Gasteiger partial charge in [-0.1, -0.05) is 46.9 Å². The third-order valence-electron chi connectivity index (χ3n) is 3.66. The fraction of sp³-hybridized carbons (Fsp3) is 0.150. The Morgan fingerprint density at radius 3 is 2.42 bits per heavy atom. The van der Waals surface area contributed by atoms with E-state index in [0.29, 0.717) is 40.6 Å². The topological polar surface area (TPSA) is 99.7 Å². The van der Waals surface area contributed by atoms with Gasteiger partial charge < -0.3 is 19.2 Å². The van der Waals surface area contributed by atoms with Gasteiger partial charge in [-0.2, -0.15) is 0 Å². The molecule has 11 heteroatoms. The lowest BCUT2D eigenvalue weighted by atomic mass is 10.2. The summed E-state index contributed by atoms with van der Waals surface area (Å²) in [6.07, 6.45) is 6.97. The monoisotopic (exact) mass is 485 g/mol. The number of imidazole rings is 1. The molecule has 0 saturated heterocycles. The van der Waals surface area contributed by atoms with Crippen molar-refractivity contribution in [2.24, 2.45) is 0 Å². The van der Waals surface area contributed by atoms with Gasteiger partial charge >= 0.3 is 0 Å². The predicted molar refractivity (Wildman–Crippen MR) is 119 cm³/mol. The largest absolute Gasteiger partial charge is 0.489 e. The van der Waals surface area contributed by atoms with Crippen LogP contribution in [0.4, 0.5) is 0 Å². The van der Waals surface area contributed by atoms with Gasteiger partial charge in [0, 0.05) is 28.0 Å². The second-order valence-electron chi connectivity index (χ2n) is 5.89. The van der Waals surface area contributed by atoms with Crippen LogP contribution in [0.2, 0.25) is 15.1 Å². The van der Waals surface area contributed by atoms with E-state index in [9.17, 15) is 0 Å². The number of aromatic nitrogens is 2. The Hall–Kier alpha value is -2.78. The van der Waals surface area contributed by atoms with Crippen molar-refractivity contribution in [3.05, 3.63) is 97.5 Å². The van der Waals surface area contributed by atoms with Crippen molar-refractivity contribution in [2.75, 3.05) is 13.2 Å². The maximum absolute atomic E-state index is 8.36. The molecule has 0 unspecified atom stereocenters. The molecule has 0 aliphatic carbocycles. The number of benzene rings is 2.